The predicted octanol–water partition coefficient (Wildman–Crippen LogP) is 2.46. The molecule has 1 saturated heterocycles. The molecule has 39 heavy (non-hydrogen) atoms. The van der Waals surface area contributed by atoms with Crippen molar-refractivity contribution in [1.29, 1.82) is 0 Å². The van der Waals surface area contributed by atoms with Gasteiger partial charge < -0.3 is 30.1 Å². The lowest BCUT2D eigenvalue weighted by atomic mass is 9.59. The first-order valence-electron chi connectivity index (χ1n) is 12.2. The minimum absolute atomic E-state index is 0.00110. The Bertz CT molecular complexity index is 1790. The van der Waals surface area contributed by atoms with Crippen molar-refractivity contribution in [1.82, 2.24) is 0 Å². The number of phenols is 2. The summed E-state index contributed by atoms with van der Waals surface area (Å²) in [5.41, 5.74) is -2.57. The van der Waals surface area contributed by atoms with Gasteiger partial charge in [0.25, 0.3) is 0 Å². The summed E-state index contributed by atoms with van der Waals surface area (Å²) >= 11 is 0. The van der Waals surface area contributed by atoms with E-state index in [0.29, 0.717) is 5.56 Å². The molecule has 2 aliphatic heterocycles. The molecule has 3 aliphatic carbocycles. The molecule has 2 aromatic carbocycles. The molecule has 5 atom stereocenters. The Morgan fingerprint density at radius 2 is 1.79 bits per heavy atom. The highest BCUT2D eigenvalue weighted by Gasteiger charge is 2.85. The highest BCUT2D eigenvalue weighted by atomic mass is 16.6. The number of nitrogens with one attached hydrogen (secondary N) is 1. The van der Waals surface area contributed by atoms with Crippen LogP contribution >= 0.6 is 0 Å². The van der Waals surface area contributed by atoms with Crippen molar-refractivity contribution in [3.8, 4) is 35.2 Å². The van der Waals surface area contributed by atoms with E-state index in [1.807, 2.05) is 0 Å². The van der Waals surface area contributed by atoms with E-state index in [1.165, 1.54) is 37.5 Å². The maximum Gasteiger partial charge on any atom is 0.335 e. The summed E-state index contributed by atoms with van der Waals surface area (Å²) in [5.74, 6) is 7.11. The van der Waals surface area contributed by atoms with Crippen LogP contribution in [0.3, 0.4) is 0 Å². The quantitative estimate of drug-likeness (QED) is 0.227. The van der Waals surface area contributed by atoms with Crippen LogP contribution in [0, 0.1) is 35.5 Å². The summed E-state index contributed by atoms with van der Waals surface area (Å²) in [6.45, 7) is 1.71. The predicted molar refractivity (Wildman–Crippen MR) is 135 cm³/mol. The lowest BCUT2D eigenvalue weighted by molar-refractivity contribution is -0.134. The number of benzene rings is 2. The number of carbonyl (C=O) groups is 3. The van der Waals surface area contributed by atoms with E-state index >= 15 is 0 Å². The number of aromatic hydroxyl groups is 2. The second-order valence-electron chi connectivity index (χ2n) is 9.99. The van der Waals surface area contributed by atoms with Crippen molar-refractivity contribution in [2.45, 2.75) is 24.2 Å². The average molecular weight is 521 g/mol. The zero-order valence-corrected chi connectivity index (χ0v) is 20.6. The summed E-state index contributed by atoms with van der Waals surface area (Å²) in [6.07, 6.45) is 3.09. The normalized spacial score (nSPS) is 30.2. The minimum atomic E-state index is -1.36. The number of hydrogen-bond acceptors (Lipinski definition) is 8. The van der Waals surface area contributed by atoms with E-state index in [-0.39, 0.29) is 45.0 Å². The van der Waals surface area contributed by atoms with E-state index < -0.39 is 52.4 Å². The van der Waals surface area contributed by atoms with Crippen LogP contribution in [0.25, 0.3) is 0 Å². The summed E-state index contributed by atoms with van der Waals surface area (Å²) < 4.78 is 12.2. The number of fused-ring (bicyclic) bond motifs is 4. The number of anilines is 1. The average Bonchev–Trinajstić information content (AvgIpc) is 3.63. The fourth-order valence-electron chi connectivity index (χ4n) is 6.87. The highest BCUT2D eigenvalue weighted by molar-refractivity contribution is 6.32. The molecular weight excluding hydrogens is 502 g/mol. The summed E-state index contributed by atoms with van der Waals surface area (Å²) in [7, 11) is 1.36. The Hall–Kier alpha value is -4.99. The molecule has 9 heteroatoms. The fourth-order valence-corrected chi connectivity index (χ4v) is 6.87. The molecule has 192 valence electrons. The first-order chi connectivity index (χ1) is 18.7. The molecule has 1 fully saturated rings. The van der Waals surface area contributed by atoms with Gasteiger partial charge in [-0.2, -0.15) is 0 Å². The molecule has 4 bridgehead atoms. The minimum Gasteiger partial charge on any atom is -0.507 e. The number of ketones is 2. The summed E-state index contributed by atoms with van der Waals surface area (Å²) in [4.78, 5) is 39.9. The molecule has 2 heterocycles. The van der Waals surface area contributed by atoms with Gasteiger partial charge >= 0.3 is 5.97 Å². The Balaban J connectivity index is 1.59. The van der Waals surface area contributed by atoms with Gasteiger partial charge in [-0.1, -0.05) is 42.7 Å². The second kappa shape index (κ2) is 7.31. The molecule has 0 amide bonds. The topological polar surface area (TPSA) is 146 Å². The molecule has 2 aromatic rings. The number of aliphatic carboxylic acids is 1. The van der Waals surface area contributed by atoms with Gasteiger partial charge in [-0.15, -0.1) is 0 Å². The van der Waals surface area contributed by atoms with Crippen LogP contribution in [0.2, 0.25) is 0 Å². The van der Waals surface area contributed by atoms with Crippen LogP contribution in [0.15, 0.2) is 47.7 Å². The molecule has 5 unspecified atom stereocenters. The number of phenolic OH excluding ortho intramolecular Hbond substituents is 2. The van der Waals surface area contributed by atoms with Gasteiger partial charge in [-0.05, 0) is 24.3 Å². The summed E-state index contributed by atoms with van der Waals surface area (Å²) in [5, 5.41) is 35.2. The smallest absolute Gasteiger partial charge is 0.335 e. The van der Waals surface area contributed by atoms with Gasteiger partial charge in [0.05, 0.1) is 35.1 Å². The van der Waals surface area contributed by atoms with Crippen molar-refractivity contribution in [2.24, 2.45) is 11.8 Å². The molecule has 4 N–H and O–H groups in total. The molecule has 0 radical (unpaired) electrons. The van der Waals surface area contributed by atoms with E-state index in [0.717, 1.165) is 0 Å². The maximum atomic E-state index is 13.9. The number of allylic oxidation sites excluding steroid dienone is 2. The Morgan fingerprint density at radius 1 is 1.05 bits per heavy atom. The number of carboxylic acids is 1. The number of carboxylic acid groups (broad SMARTS) is 1. The molecule has 5 aliphatic rings. The molecule has 0 spiro atoms. The summed E-state index contributed by atoms with van der Waals surface area (Å²) in [6, 6.07) is 4.72. The zero-order chi connectivity index (χ0) is 27.4. The third kappa shape index (κ3) is 2.49. The lowest BCUT2D eigenvalue weighted by Crippen LogP contribution is -2.55. The van der Waals surface area contributed by atoms with Crippen molar-refractivity contribution >= 4 is 23.2 Å². The molecule has 9 nitrogen and oxygen atoms in total. The molecule has 0 aromatic heterocycles. The number of rotatable bonds is 2. The Kier molecular flexibility index (Phi) is 4.34. The van der Waals surface area contributed by atoms with Crippen LogP contribution in [-0.4, -0.2) is 51.6 Å². The largest absolute Gasteiger partial charge is 0.507 e. The number of methoxy groups -OCH3 is 1. The lowest BCUT2D eigenvalue weighted by Gasteiger charge is -2.43. The van der Waals surface area contributed by atoms with Crippen LogP contribution in [0.1, 0.15) is 44.3 Å². The third-order valence-electron chi connectivity index (χ3n) is 8.43. The maximum absolute atomic E-state index is 13.9. The number of epoxide rings is 1. The SMILES string of the molecule is COC1=C(C(=O)O)C(C)C23OC24c2cc(O)c5c(c2NC3C#CC=CC#CC14)C(=O)c1c(O)cccc1C5=O. The number of ether oxygens (including phenoxy) is 2. The van der Waals surface area contributed by atoms with E-state index in [9.17, 15) is 29.7 Å². The van der Waals surface area contributed by atoms with Gasteiger partial charge in [-0.25, -0.2) is 4.79 Å². The Labute approximate surface area is 221 Å². The van der Waals surface area contributed by atoms with Gasteiger partial charge in [0, 0.05) is 17.0 Å². The van der Waals surface area contributed by atoms with E-state index in [2.05, 4.69) is 29.0 Å². The van der Waals surface area contributed by atoms with E-state index in [4.69, 9.17) is 9.47 Å². The molecular formula is C30H19NO8. The van der Waals surface area contributed by atoms with Gasteiger partial charge in [0.15, 0.2) is 11.6 Å². The fraction of sp³-hybridized carbons (Fsp3) is 0.233. The first-order valence-corrected chi connectivity index (χ1v) is 12.2. The van der Waals surface area contributed by atoms with Crippen molar-refractivity contribution in [2.75, 3.05) is 12.4 Å². The van der Waals surface area contributed by atoms with Crippen LogP contribution in [0.5, 0.6) is 11.5 Å². The van der Waals surface area contributed by atoms with Crippen molar-refractivity contribution in [3.05, 3.63) is 75.6 Å². The standard InChI is InChI=1S/C30H19NO8/c1-13-20(28(36)37)27(38-2)15-9-5-3-4-6-11-19-29(13)30(15,39-29)16-12-18(33)22-23(24(16)31-19)26(35)21-14(25(22)34)8-7-10-17(21)32/h3-4,7-8,10,12-13,15,19,31-33H,1-2H3,(H,36,37). The number of hydrogen-bond donors (Lipinski definition) is 4. The first kappa shape index (κ1) is 23.2. The third-order valence-corrected chi connectivity index (χ3v) is 8.43. The highest BCUT2D eigenvalue weighted by Crippen LogP contribution is 2.74. The van der Waals surface area contributed by atoms with Crippen molar-refractivity contribution in [3.63, 3.8) is 0 Å². The van der Waals surface area contributed by atoms with E-state index in [1.54, 1.807) is 13.0 Å². The van der Waals surface area contributed by atoms with Crippen LogP contribution < -0.4 is 5.32 Å². The van der Waals surface area contributed by atoms with Gasteiger partial charge in [0.1, 0.15) is 40.4 Å². The second-order valence-corrected chi connectivity index (χ2v) is 9.99. The van der Waals surface area contributed by atoms with Gasteiger partial charge in [0.2, 0.25) is 0 Å². The number of carbonyl (C=O) groups excluding carboxylic acids is 2. The Morgan fingerprint density at radius 3 is 2.51 bits per heavy atom. The molecule has 7 rings (SSSR count). The van der Waals surface area contributed by atoms with Crippen LogP contribution in [0.4, 0.5) is 5.69 Å². The van der Waals surface area contributed by atoms with Gasteiger partial charge in [-0.3, -0.25) is 9.59 Å². The van der Waals surface area contributed by atoms with Crippen molar-refractivity contribution < 1.29 is 39.2 Å². The monoisotopic (exact) mass is 521 g/mol. The van der Waals surface area contributed by atoms with Crippen LogP contribution in [-0.2, 0) is 19.9 Å². The zero-order valence-electron chi connectivity index (χ0n) is 20.6. The molecule has 0 saturated carbocycles.